The molecule has 0 saturated carbocycles. The first-order chi connectivity index (χ1) is 10.9. The summed E-state index contributed by atoms with van der Waals surface area (Å²) in [5.41, 5.74) is 0.940. The molecule has 23 heavy (non-hydrogen) atoms. The number of aromatic hydroxyl groups is 1. The SMILES string of the molecule is COc1ccc(O)c(C(C)NC(=O)Nc2cc(Cl)ccc2Cl)c1. The number of phenols is 1. The fourth-order valence-corrected chi connectivity index (χ4v) is 2.37. The second-order valence-electron chi connectivity index (χ2n) is 4.87. The normalized spacial score (nSPS) is 11.7. The lowest BCUT2D eigenvalue weighted by Crippen LogP contribution is -2.31. The van der Waals surface area contributed by atoms with Crippen molar-refractivity contribution >= 4 is 34.9 Å². The molecule has 0 aliphatic rings. The number of halogens is 2. The molecule has 0 fully saturated rings. The Morgan fingerprint density at radius 3 is 2.65 bits per heavy atom. The molecule has 0 aromatic heterocycles. The van der Waals surface area contributed by atoms with Crippen LogP contribution in [0.4, 0.5) is 10.5 Å². The molecular weight excluding hydrogens is 339 g/mol. The monoisotopic (exact) mass is 354 g/mol. The van der Waals surface area contributed by atoms with Gasteiger partial charge in [0.2, 0.25) is 0 Å². The Labute approximate surface area is 144 Å². The van der Waals surface area contributed by atoms with Crippen molar-refractivity contribution in [2.24, 2.45) is 0 Å². The highest BCUT2D eigenvalue weighted by atomic mass is 35.5. The lowest BCUT2D eigenvalue weighted by Gasteiger charge is -2.17. The van der Waals surface area contributed by atoms with E-state index in [1.165, 1.54) is 13.2 Å². The molecule has 122 valence electrons. The number of nitrogens with one attached hydrogen (secondary N) is 2. The predicted octanol–water partition coefficient (Wildman–Crippen LogP) is 4.59. The summed E-state index contributed by atoms with van der Waals surface area (Å²) in [6.45, 7) is 1.74. The van der Waals surface area contributed by atoms with Crippen molar-refractivity contribution in [3.05, 3.63) is 52.0 Å². The third-order valence-electron chi connectivity index (χ3n) is 3.23. The Morgan fingerprint density at radius 1 is 1.22 bits per heavy atom. The third-order valence-corrected chi connectivity index (χ3v) is 3.79. The van der Waals surface area contributed by atoms with Crippen LogP contribution in [0.5, 0.6) is 11.5 Å². The first-order valence-corrected chi connectivity index (χ1v) is 7.55. The quantitative estimate of drug-likeness (QED) is 0.751. The fraction of sp³-hybridized carbons (Fsp3) is 0.188. The topological polar surface area (TPSA) is 70.6 Å². The number of carbonyl (C=O) groups is 1. The lowest BCUT2D eigenvalue weighted by molar-refractivity contribution is 0.249. The van der Waals surface area contributed by atoms with Gasteiger partial charge in [-0.15, -0.1) is 0 Å². The van der Waals surface area contributed by atoms with Crippen LogP contribution in [0, 0.1) is 0 Å². The van der Waals surface area contributed by atoms with Gasteiger partial charge < -0.3 is 20.5 Å². The molecule has 2 rings (SSSR count). The summed E-state index contributed by atoms with van der Waals surface area (Å²) in [5, 5.41) is 16.1. The molecule has 7 heteroatoms. The summed E-state index contributed by atoms with van der Waals surface area (Å²) in [6.07, 6.45) is 0. The maximum absolute atomic E-state index is 12.1. The van der Waals surface area contributed by atoms with Gasteiger partial charge in [-0.3, -0.25) is 0 Å². The first-order valence-electron chi connectivity index (χ1n) is 6.80. The zero-order chi connectivity index (χ0) is 17.0. The molecular formula is C16H16Cl2N2O3. The van der Waals surface area contributed by atoms with Gasteiger partial charge in [-0.05, 0) is 43.3 Å². The number of hydrogen-bond donors (Lipinski definition) is 3. The van der Waals surface area contributed by atoms with Crippen molar-refractivity contribution in [2.45, 2.75) is 13.0 Å². The fourth-order valence-electron chi connectivity index (χ4n) is 2.03. The number of ether oxygens (including phenoxy) is 1. The van der Waals surface area contributed by atoms with Crippen LogP contribution >= 0.6 is 23.2 Å². The van der Waals surface area contributed by atoms with E-state index in [0.717, 1.165) is 0 Å². The minimum Gasteiger partial charge on any atom is -0.508 e. The Hall–Kier alpha value is -2.11. The van der Waals surface area contributed by atoms with Gasteiger partial charge in [0.25, 0.3) is 0 Å². The van der Waals surface area contributed by atoms with Crippen LogP contribution in [0.25, 0.3) is 0 Å². The molecule has 0 spiro atoms. The van der Waals surface area contributed by atoms with Crippen molar-refractivity contribution in [2.75, 3.05) is 12.4 Å². The zero-order valence-corrected chi connectivity index (χ0v) is 14.1. The number of anilines is 1. The van der Waals surface area contributed by atoms with E-state index in [0.29, 0.717) is 27.0 Å². The predicted molar refractivity (Wildman–Crippen MR) is 91.7 cm³/mol. The van der Waals surface area contributed by atoms with Gasteiger partial charge in [0.05, 0.1) is 23.9 Å². The van der Waals surface area contributed by atoms with Crippen molar-refractivity contribution in [3.8, 4) is 11.5 Å². The van der Waals surface area contributed by atoms with E-state index in [1.807, 2.05) is 0 Å². The Bertz CT molecular complexity index is 722. The molecule has 1 unspecified atom stereocenters. The van der Waals surface area contributed by atoms with Gasteiger partial charge in [-0.1, -0.05) is 23.2 Å². The Balaban J connectivity index is 2.09. The van der Waals surface area contributed by atoms with E-state index in [2.05, 4.69) is 10.6 Å². The molecule has 0 saturated heterocycles. The summed E-state index contributed by atoms with van der Waals surface area (Å²) in [7, 11) is 1.53. The van der Waals surface area contributed by atoms with Crippen LogP contribution in [0.2, 0.25) is 10.0 Å². The van der Waals surface area contributed by atoms with Crippen molar-refractivity contribution in [1.29, 1.82) is 0 Å². The molecule has 0 radical (unpaired) electrons. The number of phenolic OH excluding ortho intramolecular Hbond substituents is 1. The molecule has 2 aromatic rings. The summed E-state index contributed by atoms with van der Waals surface area (Å²) in [4.78, 5) is 12.1. The highest BCUT2D eigenvalue weighted by molar-refractivity contribution is 6.35. The molecule has 0 heterocycles. The minimum atomic E-state index is -0.469. The first kappa shape index (κ1) is 17.2. The Morgan fingerprint density at radius 2 is 1.96 bits per heavy atom. The van der Waals surface area contributed by atoms with Gasteiger partial charge in [0.15, 0.2) is 0 Å². The van der Waals surface area contributed by atoms with E-state index in [1.54, 1.807) is 37.3 Å². The number of rotatable bonds is 4. The maximum Gasteiger partial charge on any atom is 0.319 e. The summed E-state index contributed by atoms with van der Waals surface area (Å²) in [6, 6.07) is 8.67. The molecule has 0 aliphatic carbocycles. The van der Waals surface area contributed by atoms with Crippen LogP contribution < -0.4 is 15.4 Å². The molecule has 2 aromatic carbocycles. The van der Waals surface area contributed by atoms with Gasteiger partial charge >= 0.3 is 6.03 Å². The standard InChI is InChI=1S/C16H16Cl2N2O3/c1-9(12-8-11(23-2)4-6-15(12)21)19-16(22)20-14-7-10(17)3-5-13(14)18/h3-9,21H,1-2H3,(H2,19,20,22). The molecule has 0 bridgehead atoms. The highest BCUT2D eigenvalue weighted by Crippen LogP contribution is 2.29. The maximum atomic E-state index is 12.1. The largest absolute Gasteiger partial charge is 0.508 e. The number of benzene rings is 2. The highest BCUT2D eigenvalue weighted by Gasteiger charge is 2.15. The average Bonchev–Trinajstić information content (AvgIpc) is 2.51. The average molecular weight is 355 g/mol. The van der Waals surface area contributed by atoms with Gasteiger partial charge in [-0.25, -0.2) is 4.79 Å². The van der Waals surface area contributed by atoms with E-state index in [9.17, 15) is 9.90 Å². The van der Waals surface area contributed by atoms with Crippen molar-refractivity contribution in [3.63, 3.8) is 0 Å². The number of hydrogen-bond acceptors (Lipinski definition) is 3. The molecule has 0 aliphatic heterocycles. The number of carbonyl (C=O) groups excluding carboxylic acids is 1. The van der Waals surface area contributed by atoms with Crippen LogP contribution in [0.3, 0.4) is 0 Å². The second kappa shape index (κ2) is 7.44. The van der Waals surface area contributed by atoms with Crippen LogP contribution in [0.15, 0.2) is 36.4 Å². The number of amides is 2. The third kappa shape index (κ3) is 4.43. The van der Waals surface area contributed by atoms with Crippen LogP contribution in [-0.2, 0) is 0 Å². The Kier molecular flexibility index (Phi) is 5.58. The van der Waals surface area contributed by atoms with Gasteiger partial charge in [0, 0.05) is 10.6 Å². The van der Waals surface area contributed by atoms with Gasteiger partial charge in [0.1, 0.15) is 11.5 Å². The van der Waals surface area contributed by atoms with Gasteiger partial charge in [-0.2, -0.15) is 0 Å². The van der Waals surface area contributed by atoms with E-state index < -0.39 is 12.1 Å². The number of methoxy groups -OCH3 is 1. The zero-order valence-electron chi connectivity index (χ0n) is 12.6. The van der Waals surface area contributed by atoms with E-state index >= 15 is 0 Å². The van der Waals surface area contributed by atoms with Crippen molar-refractivity contribution in [1.82, 2.24) is 5.32 Å². The van der Waals surface area contributed by atoms with Crippen molar-refractivity contribution < 1.29 is 14.6 Å². The smallest absolute Gasteiger partial charge is 0.319 e. The molecule has 5 nitrogen and oxygen atoms in total. The molecule has 2 amide bonds. The summed E-state index contributed by atoms with van der Waals surface area (Å²) in [5.74, 6) is 0.657. The summed E-state index contributed by atoms with van der Waals surface area (Å²) >= 11 is 11.9. The lowest BCUT2D eigenvalue weighted by atomic mass is 10.1. The number of urea groups is 1. The molecule has 1 atom stereocenters. The molecule has 3 N–H and O–H groups in total. The summed E-state index contributed by atoms with van der Waals surface area (Å²) < 4.78 is 5.12. The minimum absolute atomic E-state index is 0.0689. The van der Waals surface area contributed by atoms with Crippen LogP contribution in [0.1, 0.15) is 18.5 Å². The second-order valence-corrected chi connectivity index (χ2v) is 5.71. The van der Waals surface area contributed by atoms with E-state index in [-0.39, 0.29) is 5.75 Å². The van der Waals surface area contributed by atoms with E-state index in [4.69, 9.17) is 27.9 Å². The van der Waals surface area contributed by atoms with Crippen LogP contribution in [-0.4, -0.2) is 18.2 Å².